The van der Waals surface area contributed by atoms with Crippen molar-refractivity contribution < 1.29 is 33.7 Å². The zero-order chi connectivity index (χ0) is 28.3. The Morgan fingerprint density at radius 3 is 2.38 bits per heavy atom. The number of nitro groups is 2. The first-order chi connectivity index (χ1) is 18.6. The molecule has 3 amide bonds. The summed E-state index contributed by atoms with van der Waals surface area (Å²) < 4.78 is 11.0. The van der Waals surface area contributed by atoms with Crippen molar-refractivity contribution in [3.05, 3.63) is 67.1 Å². The number of methoxy groups -OCH3 is 1. The number of carbonyl (C=O) groups is 3. The van der Waals surface area contributed by atoms with Crippen LogP contribution in [0.2, 0.25) is 0 Å². The summed E-state index contributed by atoms with van der Waals surface area (Å²) in [4.78, 5) is 61.6. The van der Waals surface area contributed by atoms with Gasteiger partial charge in [0.1, 0.15) is 6.54 Å². The first-order valence-electron chi connectivity index (χ1n) is 11.9. The average molecular weight is 557 g/mol. The van der Waals surface area contributed by atoms with Crippen molar-refractivity contribution in [1.29, 1.82) is 0 Å². The van der Waals surface area contributed by atoms with E-state index in [0.717, 1.165) is 47.7 Å². The number of likely N-dealkylation sites (tertiary alicyclic amines) is 1. The summed E-state index contributed by atoms with van der Waals surface area (Å²) >= 11 is 0.720. The number of hydrogen-bond acceptors (Lipinski definition) is 10. The van der Waals surface area contributed by atoms with Crippen LogP contribution in [0, 0.1) is 26.1 Å². The van der Waals surface area contributed by atoms with Gasteiger partial charge in [0.25, 0.3) is 16.8 Å². The number of benzene rings is 2. The van der Waals surface area contributed by atoms with Gasteiger partial charge in [-0.2, -0.15) is 0 Å². The molecule has 39 heavy (non-hydrogen) atoms. The second kappa shape index (κ2) is 11.5. The molecule has 2 aromatic rings. The van der Waals surface area contributed by atoms with Gasteiger partial charge in [0.15, 0.2) is 11.5 Å². The minimum atomic E-state index is -0.796. The van der Waals surface area contributed by atoms with Crippen molar-refractivity contribution in [3.8, 4) is 17.2 Å². The summed E-state index contributed by atoms with van der Waals surface area (Å²) in [5.74, 6) is -0.303. The van der Waals surface area contributed by atoms with Crippen LogP contribution in [0.3, 0.4) is 0 Å². The van der Waals surface area contributed by atoms with Crippen LogP contribution in [0.4, 0.5) is 16.2 Å². The number of ether oxygens (including phenoxy) is 2. The fourth-order valence-corrected chi connectivity index (χ4v) is 4.94. The Kier molecular flexibility index (Phi) is 8.14. The van der Waals surface area contributed by atoms with Crippen molar-refractivity contribution in [1.82, 2.24) is 9.80 Å². The van der Waals surface area contributed by atoms with Crippen LogP contribution in [0.1, 0.15) is 25.3 Å². The van der Waals surface area contributed by atoms with Gasteiger partial charge in [-0.15, -0.1) is 0 Å². The van der Waals surface area contributed by atoms with Crippen molar-refractivity contribution in [2.24, 2.45) is 5.92 Å². The van der Waals surface area contributed by atoms with E-state index in [1.807, 2.05) is 0 Å². The van der Waals surface area contributed by atoms with E-state index in [1.165, 1.54) is 25.3 Å². The smallest absolute Gasteiger partial charge is 0.318 e. The quantitative estimate of drug-likeness (QED) is 0.255. The van der Waals surface area contributed by atoms with E-state index < -0.39 is 32.4 Å². The zero-order valence-electron chi connectivity index (χ0n) is 21.0. The molecule has 0 saturated carbocycles. The lowest BCUT2D eigenvalue weighted by atomic mass is 9.99. The molecule has 2 aliphatic heterocycles. The van der Waals surface area contributed by atoms with Crippen molar-refractivity contribution in [2.45, 2.75) is 19.8 Å². The highest BCUT2D eigenvalue weighted by Gasteiger charge is 2.37. The fraction of sp³-hybridized carbons (Fsp3) is 0.320. The number of non-ortho nitro benzene ring substituents is 1. The molecule has 0 radical (unpaired) electrons. The van der Waals surface area contributed by atoms with Crippen LogP contribution < -0.4 is 9.47 Å². The number of hydrogen-bond donors (Lipinski definition) is 0. The Hall–Kier alpha value is -4.46. The van der Waals surface area contributed by atoms with Gasteiger partial charge in [0, 0.05) is 19.2 Å². The normalized spacial score (nSPS) is 17.0. The highest BCUT2D eigenvalue weighted by atomic mass is 32.2. The van der Waals surface area contributed by atoms with Gasteiger partial charge in [-0.05, 0) is 60.4 Å². The van der Waals surface area contributed by atoms with E-state index in [0.29, 0.717) is 24.6 Å². The molecule has 14 heteroatoms. The van der Waals surface area contributed by atoms with Crippen LogP contribution in [-0.2, 0) is 9.59 Å². The summed E-state index contributed by atoms with van der Waals surface area (Å²) in [5, 5.41) is 21.9. The number of rotatable bonds is 8. The Labute approximate surface area is 226 Å². The Balaban J connectivity index is 1.51. The second-order valence-electron chi connectivity index (χ2n) is 9.01. The number of nitro benzene ring substituents is 2. The highest BCUT2D eigenvalue weighted by molar-refractivity contribution is 8.18. The van der Waals surface area contributed by atoms with Gasteiger partial charge in [-0.25, -0.2) is 0 Å². The topological polar surface area (TPSA) is 162 Å². The van der Waals surface area contributed by atoms with Crippen molar-refractivity contribution in [2.75, 3.05) is 26.7 Å². The summed E-state index contributed by atoms with van der Waals surface area (Å²) in [5.41, 5.74) is -0.589. The molecule has 0 unspecified atom stereocenters. The summed E-state index contributed by atoms with van der Waals surface area (Å²) in [7, 11) is 1.34. The lowest BCUT2D eigenvalue weighted by Crippen LogP contribution is -2.45. The number of nitrogens with zero attached hydrogens (tertiary/aromatic N) is 4. The molecule has 0 aliphatic carbocycles. The van der Waals surface area contributed by atoms with Crippen LogP contribution in [0.25, 0.3) is 6.08 Å². The monoisotopic (exact) mass is 556 g/mol. The second-order valence-corrected chi connectivity index (χ2v) is 10.0. The molecule has 13 nitrogen and oxygen atoms in total. The SMILES string of the molecule is COc1cc(/C=C2/SC(=O)N(CC(=O)N3CCC(C)CC3)C2=O)ccc1Oc1ccc([N+](=O)[O-])cc1[N+](=O)[O-]. The molecule has 2 saturated heterocycles. The summed E-state index contributed by atoms with van der Waals surface area (Å²) in [6.07, 6.45) is 3.23. The predicted octanol–water partition coefficient (Wildman–Crippen LogP) is 4.60. The van der Waals surface area contributed by atoms with Crippen LogP contribution in [0.15, 0.2) is 41.3 Å². The number of imide groups is 1. The molecule has 0 atom stereocenters. The van der Waals surface area contributed by atoms with E-state index in [-0.39, 0.29) is 34.6 Å². The number of amides is 3. The van der Waals surface area contributed by atoms with E-state index in [9.17, 15) is 34.6 Å². The van der Waals surface area contributed by atoms with Gasteiger partial charge in [-0.1, -0.05) is 13.0 Å². The van der Waals surface area contributed by atoms with Crippen LogP contribution in [0.5, 0.6) is 17.2 Å². The molecular weight excluding hydrogens is 532 g/mol. The molecule has 204 valence electrons. The predicted molar refractivity (Wildman–Crippen MR) is 140 cm³/mol. The third-order valence-corrected chi connectivity index (χ3v) is 7.27. The minimum absolute atomic E-state index is 0.0844. The molecule has 0 N–H and O–H groups in total. The largest absolute Gasteiger partial charge is 0.493 e. The molecule has 0 spiro atoms. The third kappa shape index (κ3) is 6.17. The van der Waals surface area contributed by atoms with Gasteiger partial charge in [0.2, 0.25) is 11.7 Å². The Morgan fingerprint density at radius 2 is 1.74 bits per heavy atom. The summed E-state index contributed by atoms with van der Waals surface area (Å²) in [6.45, 7) is 3.00. The minimum Gasteiger partial charge on any atom is -0.493 e. The molecule has 4 rings (SSSR count). The van der Waals surface area contributed by atoms with E-state index in [4.69, 9.17) is 9.47 Å². The molecule has 2 aliphatic rings. The average Bonchev–Trinajstić information content (AvgIpc) is 3.16. The summed E-state index contributed by atoms with van der Waals surface area (Å²) in [6, 6.07) is 7.48. The standard InChI is InChI=1S/C25H24N4O9S/c1-15-7-9-26(10-8-15)23(30)14-27-24(31)22(39-25(27)32)12-16-3-5-20(21(11-16)37-2)38-19-6-4-17(28(33)34)13-18(19)29(35)36/h3-6,11-13,15H,7-10,14H2,1-2H3/b22-12+. The molecule has 2 fully saturated rings. The van der Waals surface area contributed by atoms with E-state index >= 15 is 0 Å². The fourth-order valence-electron chi connectivity index (χ4n) is 4.11. The molecular formula is C25H24N4O9S. The van der Waals surface area contributed by atoms with Gasteiger partial charge in [0.05, 0.1) is 27.9 Å². The van der Waals surface area contributed by atoms with Crippen LogP contribution >= 0.6 is 11.8 Å². The third-order valence-electron chi connectivity index (χ3n) is 6.36. The molecule has 0 aromatic heterocycles. The Bertz CT molecular complexity index is 1390. The highest BCUT2D eigenvalue weighted by Crippen LogP contribution is 2.39. The maximum absolute atomic E-state index is 12.9. The maximum Gasteiger partial charge on any atom is 0.318 e. The van der Waals surface area contributed by atoms with Gasteiger partial charge >= 0.3 is 5.69 Å². The van der Waals surface area contributed by atoms with Gasteiger partial charge < -0.3 is 14.4 Å². The lowest BCUT2D eigenvalue weighted by molar-refractivity contribution is -0.394. The Morgan fingerprint density at radius 1 is 1.05 bits per heavy atom. The number of carbonyl (C=O) groups excluding carboxylic acids is 3. The molecule has 0 bridgehead atoms. The maximum atomic E-state index is 12.9. The number of thioether (sulfide) groups is 1. The first-order valence-corrected chi connectivity index (χ1v) is 12.7. The lowest BCUT2D eigenvalue weighted by Gasteiger charge is -2.31. The number of piperidine rings is 1. The van der Waals surface area contributed by atoms with Crippen LogP contribution in [-0.4, -0.2) is 63.4 Å². The van der Waals surface area contributed by atoms with E-state index in [1.54, 1.807) is 11.0 Å². The molecule has 2 heterocycles. The van der Waals surface area contributed by atoms with Gasteiger partial charge in [-0.3, -0.25) is 39.5 Å². The van der Waals surface area contributed by atoms with E-state index in [2.05, 4.69) is 6.92 Å². The molecule has 2 aromatic carbocycles. The first kappa shape index (κ1) is 27.6. The van der Waals surface area contributed by atoms with Crippen molar-refractivity contribution in [3.63, 3.8) is 0 Å². The van der Waals surface area contributed by atoms with Crippen molar-refractivity contribution >= 4 is 46.3 Å². The zero-order valence-corrected chi connectivity index (χ0v) is 21.8.